The summed E-state index contributed by atoms with van der Waals surface area (Å²) in [6.45, 7) is 1.80. The maximum absolute atomic E-state index is 13.7. The molecule has 2 rings (SSSR count). The number of halogens is 1. The first-order chi connectivity index (χ1) is 9.11. The molecule has 1 aromatic carbocycles. The fourth-order valence-corrected chi connectivity index (χ4v) is 1.64. The number of rotatable bonds is 3. The molecule has 5 nitrogen and oxygen atoms in total. The number of pyridine rings is 1. The number of amides is 1. The lowest BCUT2D eigenvalue weighted by atomic mass is 10.2. The third-order valence-corrected chi connectivity index (χ3v) is 2.59. The quantitative estimate of drug-likeness (QED) is 0.447. The van der Waals surface area contributed by atoms with Crippen molar-refractivity contribution in [2.24, 2.45) is 5.84 Å². The maximum Gasteiger partial charge on any atom is 0.267 e. The number of nitrogens with zero attached hydrogens (tertiary/aromatic N) is 1. The van der Waals surface area contributed by atoms with E-state index < -0.39 is 11.7 Å². The summed E-state index contributed by atoms with van der Waals surface area (Å²) in [5.74, 6) is 4.22. The van der Waals surface area contributed by atoms with Crippen LogP contribution in [0.25, 0.3) is 0 Å². The van der Waals surface area contributed by atoms with E-state index in [0.29, 0.717) is 5.69 Å². The van der Waals surface area contributed by atoms with Gasteiger partial charge in [0.15, 0.2) is 0 Å². The lowest BCUT2D eigenvalue weighted by Gasteiger charge is -2.11. The molecule has 1 aromatic heterocycles. The van der Waals surface area contributed by atoms with Gasteiger partial charge in [0.25, 0.3) is 5.91 Å². The van der Waals surface area contributed by atoms with Gasteiger partial charge in [-0.3, -0.25) is 15.2 Å². The molecule has 0 saturated carbocycles. The minimum Gasteiger partial charge on any atom is -0.351 e. The Morgan fingerprint density at radius 2 is 2.11 bits per heavy atom. The summed E-state index contributed by atoms with van der Waals surface area (Å²) in [7, 11) is 0. The minimum atomic E-state index is -0.475. The molecule has 0 spiro atoms. The molecule has 19 heavy (non-hydrogen) atoms. The summed E-state index contributed by atoms with van der Waals surface area (Å²) in [5, 5.41) is 2.83. The smallest absolute Gasteiger partial charge is 0.267 e. The van der Waals surface area contributed by atoms with Crippen molar-refractivity contribution in [2.45, 2.75) is 6.92 Å². The van der Waals surface area contributed by atoms with E-state index in [1.54, 1.807) is 19.1 Å². The molecule has 1 amide bonds. The third-order valence-electron chi connectivity index (χ3n) is 2.59. The van der Waals surface area contributed by atoms with Crippen LogP contribution in [0.15, 0.2) is 36.7 Å². The number of hydrogen-bond donors (Lipinski definition) is 3. The van der Waals surface area contributed by atoms with E-state index in [-0.39, 0.29) is 11.3 Å². The number of nitrogens with one attached hydrogen (secondary N) is 2. The van der Waals surface area contributed by atoms with Crippen molar-refractivity contribution in [2.75, 3.05) is 5.32 Å². The molecule has 0 unspecified atom stereocenters. The standard InChI is InChI=1S/C13H13FN4O/c1-8-2-3-11(10(14)6-8)17-12-7-16-5-4-9(12)13(19)18-15/h2-7,17H,15H2,1H3,(H,18,19). The highest BCUT2D eigenvalue weighted by molar-refractivity contribution is 5.99. The Kier molecular flexibility index (Phi) is 3.72. The maximum atomic E-state index is 13.7. The lowest BCUT2D eigenvalue weighted by molar-refractivity contribution is 0.0954. The van der Waals surface area contributed by atoms with Gasteiger partial charge in [0, 0.05) is 6.20 Å². The molecule has 0 aliphatic rings. The Bertz CT molecular complexity index is 615. The first-order valence-corrected chi connectivity index (χ1v) is 5.60. The molecule has 0 atom stereocenters. The fourth-order valence-electron chi connectivity index (χ4n) is 1.64. The molecule has 6 heteroatoms. The first-order valence-electron chi connectivity index (χ1n) is 5.60. The van der Waals surface area contributed by atoms with Crippen molar-refractivity contribution in [3.8, 4) is 0 Å². The highest BCUT2D eigenvalue weighted by Gasteiger charge is 2.11. The van der Waals surface area contributed by atoms with Crippen LogP contribution in [0.4, 0.5) is 15.8 Å². The van der Waals surface area contributed by atoms with Crippen LogP contribution in [-0.2, 0) is 0 Å². The molecule has 0 fully saturated rings. The summed E-state index contributed by atoms with van der Waals surface area (Å²) in [5.41, 5.74) is 3.78. The molecular weight excluding hydrogens is 247 g/mol. The summed E-state index contributed by atoms with van der Waals surface area (Å²) >= 11 is 0. The Morgan fingerprint density at radius 1 is 1.32 bits per heavy atom. The van der Waals surface area contributed by atoms with Gasteiger partial charge in [-0.1, -0.05) is 6.07 Å². The zero-order chi connectivity index (χ0) is 13.8. The predicted octanol–water partition coefficient (Wildman–Crippen LogP) is 1.88. The van der Waals surface area contributed by atoms with Gasteiger partial charge in [-0.2, -0.15) is 0 Å². The number of hydrazine groups is 1. The minimum absolute atomic E-state index is 0.268. The number of benzene rings is 1. The van der Waals surface area contributed by atoms with Gasteiger partial charge >= 0.3 is 0 Å². The van der Waals surface area contributed by atoms with Crippen LogP contribution in [0.1, 0.15) is 15.9 Å². The summed E-state index contributed by atoms with van der Waals surface area (Å²) < 4.78 is 13.7. The molecule has 0 aliphatic heterocycles. The largest absolute Gasteiger partial charge is 0.351 e. The van der Waals surface area contributed by atoms with Crippen LogP contribution in [0.3, 0.4) is 0 Å². The van der Waals surface area contributed by atoms with Crippen molar-refractivity contribution >= 4 is 17.3 Å². The fraction of sp³-hybridized carbons (Fsp3) is 0.0769. The van der Waals surface area contributed by atoms with E-state index >= 15 is 0 Å². The SMILES string of the molecule is Cc1ccc(Nc2cnccc2C(=O)NN)c(F)c1. The van der Waals surface area contributed by atoms with E-state index in [2.05, 4.69) is 10.3 Å². The third kappa shape index (κ3) is 2.86. The average Bonchev–Trinajstić information content (AvgIpc) is 2.41. The second-order valence-corrected chi connectivity index (χ2v) is 4.00. The van der Waals surface area contributed by atoms with Crippen LogP contribution in [-0.4, -0.2) is 10.9 Å². The van der Waals surface area contributed by atoms with Crippen LogP contribution in [0, 0.1) is 12.7 Å². The number of aryl methyl sites for hydroxylation is 1. The Hall–Kier alpha value is -2.47. The van der Waals surface area contributed by atoms with Gasteiger partial charge < -0.3 is 5.32 Å². The molecule has 1 heterocycles. The molecular formula is C13H13FN4O. The number of nitrogens with two attached hydrogens (primary N) is 1. The van der Waals surface area contributed by atoms with Crippen LogP contribution in [0.5, 0.6) is 0 Å². The molecule has 0 saturated heterocycles. The summed E-state index contributed by atoms with van der Waals surface area (Å²) in [6.07, 6.45) is 2.89. The van der Waals surface area contributed by atoms with E-state index in [0.717, 1.165) is 5.56 Å². The Morgan fingerprint density at radius 3 is 2.79 bits per heavy atom. The number of carbonyl (C=O) groups is 1. The summed E-state index contributed by atoms with van der Waals surface area (Å²) in [6, 6.07) is 6.27. The van der Waals surface area contributed by atoms with Gasteiger partial charge in [0.05, 0.1) is 23.1 Å². The number of nitrogen functional groups attached to an aromatic ring is 1. The second kappa shape index (κ2) is 5.45. The monoisotopic (exact) mass is 260 g/mol. The number of anilines is 2. The molecule has 0 bridgehead atoms. The van der Waals surface area contributed by atoms with Crippen molar-refractivity contribution < 1.29 is 9.18 Å². The zero-order valence-corrected chi connectivity index (χ0v) is 10.3. The van der Waals surface area contributed by atoms with Crippen LogP contribution >= 0.6 is 0 Å². The highest BCUT2D eigenvalue weighted by Crippen LogP contribution is 2.22. The Labute approximate surface area is 109 Å². The van der Waals surface area contributed by atoms with Crippen molar-refractivity contribution in [3.63, 3.8) is 0 Å². The summed E-state index contributed by atoms with van der Waals surface area (Å²) in [4.78, 5) is 15.5. The molecule has 0 radical (unpaired) electrons. The van der Waals surface area contributed by atoms with Gasteiger partial charge in [0.2, 0.25) is 0 Å². The first kappa shape index (κ1) is 13.0. The van der Waals surface area contributed by atoms with E-state index in [4.69, 9.17) is 5.84 Å². The molecule has 0 aliphatic carbocycles. The van der Waals surface area contributed by atoms with Gasteiger partial charge in [-0.05, 0) is 30.7 Å². The van der Waals surface area contributed by atoms with Crippen molar-refractivity contribution in [3.05, 3.63) is 53.6 Å². The second-order valence-electron chi connectivity index (χ2n) is 4.00. The number of carbonyl (C=O) groups excluding carboxylic acids is 1. The van der Waals surface area contributed by atoms with E-state index in [9.17, 15) is 9.18 Å². The zero-order valence-electron chi connectivity index (χ0n) is 10.3. The number of hydrogen-bond acceptors (Lipinski definition) is 4. The van der Waals surface area contributed by atoms with Crippen molar-refractivity contribution in [1.82, 2.24) is 10.4 Å². The molecule has 98 valence electrons. The number of aromatic nitrogens is 1. The highest BCUT2D eigenvalue weighted by atomic mass is 19.1. The predicted molar refractivity (Wildman–Crippen MR) is 70.3 cm³/mol. The van der Waals surface area contributed by atoms with Gasteiger partial charge in [-0.25, -0.2) is 10.2 Å². The van der Waals surface area contributed by atoms with Crippen LogP contribution < -0.4 is 16.6 Å². The molecule has 2 aromatic rings. The normalized spacial score (nSPS) is 10.1. The lowest BCUT2D eigenvalue weighted by Crippen LogP contribution is -2.30. The van der Waals surface area contributed by atoms with E-state index in [1.807, 2.05) is 5.43 Å². The van der Waals surface area contributed by atoms with Gasteiger partial charge in [0.1, 0.15) is 5.82 Å². The van der Waals surface area contributed by atoms with Gasteiger partial charge in [-0.15, -0.1) is 0 Å². The average molecular weight is 260 g/mol. The van der Waals surface area contributed by atoms with Crippen LogP contribution in [0.2, 0.25) is 0 Å². The molecule has 4 N–H and O–H groups in total. The topological polar surface area (TPSA) is 80.0 Å². The van der Waals surface area contributed by atoms with Crippen molar-refractivity contribution in [1.29, 1.82) is 0 Å². The van der Waals surface area contributed by atoms with E-state index in [1.165, 1.54) is 24.5 Å². The Balaban J connectivity index is 2.35.